The van der Waals surface area contributed by atoms with Crippen molar-refractivity contribution in [2.24, 2.45) is 5.92 Å². The summed E-state index contributed by atoms with van der Waals surface area (Å²) in [4.78, 5) is 0. The molecule has 0 radical (unpaired) electrons. The van der Waals surface area contributed by atoms with E-state index in [-0.39, 0.29) is 5.92 Å². The molecule has 0 aromatic heterocycles. The highest BCUT2D eigenvalue weighted by molar-refractivity contribution is 4.75. The molecule has 0 aliphatic carbocycles. The zero-order valence-electron chi connectivity index (χ0n) is 7.27. The first-order valence-electron chi connectivity index (χ1n) is 3.95. The predicted molar refractivity (Wildman–Crippen MR) is 40.7 cm³/mol. The third-order valence-electron chi connectivity index (χ3n) is 1.80. The van der Waals surface area contributed by atoms with Gasteiger partial charge in [0.1, 0.15) is 6.10 Å². The molecule has 0 spiro atoms. The number of rotatable bonds is 4. The van der Waals surface area contributed by atoms with Crippen LogP contribution in [0, 0.1) is 5.92 Å². The summed E-state index contributed by atoms with van der Waals surface area (Å²) in [7, 11) is 0. The van der Waals surface area contributed by atoms with Crippen molar-refractivity contribution in [2.45, 2.75) is 45.6 Å². The lowest BCUT2D eigenvalue weighted by Crippen LogP contribution is -2.35. The van der Waals surface area contributed by atoms with Crippen LogP contribution in [0.1, 0.15) is 33.6 Å². The summed E-state index contributed by atoms with van der Waals surface area (Å²) in [5.74, 6) is -3.28. The molecular formula is C8H16F2O. The summed E-state index contributed by atoms with van der Waals surface area (Å²) in [6.45, 7) is 4.31. The van der Waals surface area contributed by atoms with Crippen LogP contribution in [0.15, 0.2) is 0 Å². The second-order valence-electron chi connectivity index (χ2n) is 3.17. The van der Waals surface area contributed by atoms with Gasteiger partial charge in [0.2, 0.25) is 0 Å². The molecule has 0 heterocycles. The number of halogens is 2. The van der Waals surface area contributed by atoms with Crippen molar-refractivity contribution in [3.05, 3.63) is 0 Å². The molecule has 0 saturated heterocycles. The third kappa shape index (κ3) is 3.65. The summed E-state index contributed by atoms with van der Waals surface area (Å²) < 4.78 is 24.9. The van der Waals surface area contributed by atoms with Crippen LogP contribution in [0.3, 0.4) is 0 Å². The Morgan fingerprint density at radius 1 is 1.45 bits per heavy atom. The van der Waals surface area contributed by atoms with Crippen molar-refractivity contribution >= 4 is 0 Å². The van der Waals surface area contributed by atoms with Gasteiger partial charge >= 0.3 is 0 Å². The fourth-order valence-electron chi connectivity index (χ4n) is 1.11. The lowest BCUT2D eigenvalue weighted by molar-refractivity contribution is -0.116. The maximum Gasteiger partial charge on any atom is 0.270 e. The number of aliphatic hydroxyl groups excluding tert-OH is 1. The van der Waals surface area contributed by atoms with Crippen LogP contribution in [0.25, 0.3) is 0 Å². The highest BCUT2D eigenvalue weighted by Crippen LogP contribution is 2.25. The Morgan fingerprint density at radius 2 is 1.91 bits per heavy atom. The molecule has 3 heteroatoms. The van der Waals surface area contributed by atoms with Gasteiger partial charge in [0.05, 0.1) is 0 Å². The van der Waals surface area contributed by atoms with Crippen molar-refractivity contribution in [3.63, 3.8) is 0 Å². The van der Waals surface area contributed by atoms with Crippen LogP contribution >= 0.6 is 0 Å². The Morgan fingerprint density at radius 3 is 2.18 bits per heavy atom. The summed E-state index contributed by atoms with van der Waals surface area (Å²) in [6.07, 6.45) is -0.0266. The minimum Gasteiger partial charge on any atom is -0.387 e. The van der Waals surface area contributed by atoms with Gasteiger partial charge < -0.3 is 5.11 Å². The molecule has 1 N–H and O–H groups in total. The first-order chi connectivity index (χ1) is 4.89. The lowest BCUT2D eigenvalue weighted by Gasteiger charge is -2.23. The van der Waals surface area contributed by atoms with E-state index in [9.17, 15) is 8.78 Å². The molecule has 11 heavy (non-hydrogen) atoms. The second kappa shape index (κ2) is 4.00. The van der Waals surface area contributed by atoms with Crippen LogP contribution < -0.4 is 0 Å². The Kier molecular flexibility index (Phi) is 3.93. The van der Waals surface area contributed by atoms with E-state index in [0.29, 0.717) is 6.42 Å². The van der Waals surface area contributed by atoms with E-state index in [1.807, 2.05) is 6.92 Å². The molecule has 0 saturated carbocycles. The molecule has 2 atom stereocenters. The highest BCUT2D eigenvalue weighted by Gasteiger charge is 2.35. The van der Waals surface area contributed by atoms with E-state index < -0.39 is 12.0 Å². The summed E-state index contributed by atoms with van der Waals surface area (Å²) in [5, 5.41) is 9.04. The standard InChI is InChI=1S/C8H16F2O/c1-4-5-6(2)7(11)8(3,9)10/h6-7,11H,4-5H2,1-3H3. The van der Waals surface area contributed by atoms with Gasteiger partial charge in [0.15, 0.2) is 0 Å². The van der Waals surface area contributed by atoms with Crippen molar-refractivity contribution < 1.29 is 13.9 Å². The molecule has 2 unspecified atom stereocenters. The first-order valence-corrected chi connectivity index (χ1v) is 3.95. The van der Waals surface area contributed by atoms with E-state index >= 15 is 0 Å². The monoisotopic (exact) mass is 166 g/mol. The normalized spacial score (nSPS) is 18.0. The van der Waals surface area contributed by atoms with E-state index in [1.54, 1.807) is 6.92 Å². The van der Waals surface area contributed by atoms with Gasteiger partial charge in [-0.3, -0.25) is 0 Å². The SMILES string of the molecule is CCCC(C)C(O)C(C)(F)F. The van der Waals surface area contributed by atoms with E-state index in [1.165, 1.54) is 0 Å². The minimum absolute atomic E-state index is 0.319. The molecule has 0 rings (SSSR count). The second-order valence-corrected chi connectivity index (χ2v) is 3.17. The van der Waals surface area contributed by atoms with Gasteiger partial charge in [-0.05, 0) is 12.3 Å². The average Bonchev–Trinajstić information content (AvgIpc) is 1.85. The molecule has 68 valence electrons. The molecule has 0 aliphatic rings. The van der Waals surface area contributed by atoms with Crippen molar-refractivity contribution in [2.75, 3.05) is 0 Å². The zero-order chi connectivity index (χ0) is 9.07. The number of hydrogen-bond donors (Lipinski definition) is 1. The van der Waals surface area contributed by atoms with E-state index in [0.717, 1.165) is 13.3 Å². The molecule has 0 amide bonds. The molecule has 0 aliphatic heterocycles. The van der Waals surface area contributed by atoms with Gasteiger partial charge in [-0.1, -0.05) is 20.3 Å². The quantitative estimate of drug-likeness (QED) is 0.680. The molecule has 0 aromatic rings. The topological polar surface area (TPSA) is 20.2 Å². The number of aliphatic hydroxyl groups is 1. The average molecular weight is 166 g/mol. The fraction of sp³-hybridized carbons (Fsp3) is 1.00. The van der Waals surface area contributed by atoms with Gasteiger partial charge in [-0.2, -0.15) is 0 Å². The molecule has 0 fully saturated rings. The fourth-order valence-corrected chi connectivity index (χ4v) is 1.11. The van der Waals surface area contributed by atoms with Crippen LogP contribution in [0.2, 0.25) is 0 Å². The van der Waals surface area contributed by atoms with Gasteiger partial charge in [0, 0.05) is 6.92 Å². The van der Waals surface area contributed by atoms with Crippen molar-refractivity contribution in [1.82, 2.24) is 0 Å². The Hall–Kier alpha value is -0.180. The maximum atomic E-state index is 12.4. The summed E-state index contributed by atoms with van der Waals surface area (Å²) in [5.41, 5.74) is 0. The minimum atomic E-state index is -2.96. The van der Waals surface area contributed by atoms with E-state index in [4.69, 9.17) is 5.11 Å². The van der Waals surface area contributed by atoms with Gasteiger partial charge in [-0.25, -0.2) is 8.78 Å². The third-order valence-corrected chi connectivity index (χ3v) is 1.80. The van der Waals surface area contributed by atoms with Crippen LogP contribution in [0.5, 0.6) is 0 Å². The Bertz CT molecular complexity index is 109. The van der Waals surface area contributed by atoms with Gasteiger partial charge in [-0.15, -0.1) is 0 Å². The molecule has 0 bridgehead atoms. The lowest BCUT2D eigenvalue weighted by atomic mass is 9.95. The maximum absolute atomic E-state index is 12.4. The van der Waals surface area contributed by atoms with Crippen molar-refractivity contribution in [3.8, 4) is 0 Å². The van der Waals surface area contributed by atoms with Gasteiger partial charge in [0.25, 0.3) is 5.92 Å². The molecular weight excluding hydrogens is 150 g/mol. The zero-order valence-corrected chi connectivity index (χ0v) is 7.27. The van der Waals surface area contributed by atoms with Crippen LogP contribution in [-0.2, 0) is 0 Å². The molecule has 0 aromatic carbocycles. The number of hydrogen-bond acceptors (Lipinski definition) is 1. The highest BCUT2D eigenvalue weighted by atomic mass is 19.3. The molecule has 1 nitrogen and oxygen atoms in total. The van der Waals surface area contributed by atoms with Crippen molar-refractivity contribution in [1.29, 1.82) is 0 Å². The van der Waals surface area contributed by atoms with Crippen LogP contribution in [0.4, 0.5) is 8.78 Å². The summed E-state index contributed by atoms with van der Waals surface area (Å²) in [6, 6.07) is 0. The Balaban J connectivity index is 3.91. The smallest absolute Gasteiger partial charge is 0.270 e. The predicted octanol–water partition coefficient (Wildman–Crippen LogP) is 2.44. The largest absolute Gasteiger partial charge is 0.387 e. The summed E-state index contributed by atoms with van der Waals surface area (Å²) >= 11 is 0. The number of alkyl halides is 2. The first kappa shape index (κ1) is 10.8. The van der Waals surface area contributed by atoms with Crippen LogP contribution in [-0.4, -0.2) is 17.1 Å². The van der Waals surface area contributed by atoms with E-state index in [2.05, 4.69) is 0 Å². The Labute approximate surface area is 66.4 Å².